The molecule has 1 rings (SSSR count). The normalized spacial score (nSPS) is 11.4. The molecule has 0 spiro atoms. The molecule has 0 radical (unpaired) electrons. The second kappa shape index (κ2) is 6.84. The highest BCUT2D eigenvalue weighted by Gasteiger charge is 2.13. The molecule has 100 valence electrons. The Hall–Kier alpha value is -0.950. The number of hydrogen-bond acceptors (Lipinski definition) is 4. The fourth-order valence-electron chi connectivity index (χ4n) is 1.10. The van der Waals surface area contributed by atoms with Crippen LogP contribution in [0.1, 0.15) is 6.92 Å². The molecule has 0 saturated heterocycles. The van der Waals surface area contributed by atoms with Gasteiger partial charge in [-0.2, -0.15) is 0 Å². The first-order valence-corrected chi connectivity index (χ1v) is 7.11. The van der Waals surface area contributed by atoms with Crippen LogP contribution in [0, 0.1) is 0 Å². The molecule has 0 aliphatic heterocycles. The molecule has 0 amide bonds. The fraction of sp³-hybridized carbons (Fsp3) is 0.364. The molecule has 1 N–H and O–H groups in total. The molecule has 1 aromatic rings. The Kier molecular flexibility index (Phi) is 5.74. The molecule has 0 fully saturated rings. The van der Waals surface area contributed by atoms with E-state index < -0.39 is 10.0 Å². The van der Waals surface area contributed by atoms with Crippen LogP contribution in [-0.4, -0.2) is 33.2 Å². The number of nitrogens with one attached hydrogen (secondary N) is 1. The second-order valence-electron chi connectivity index (χ2n) is 3.72. The van der Waals surface area contributed by atoms with Gasteiger partial charge in [0.05, 0.1) is 13.2 Å². The first kappa shape index (κ1) is 15.1. The summed E-state index contributed by atoms with van der Waals surface area (Å²) in [4.78, 5) is 3.79. The van der Waals surface area contributed by atoms with Crippen molar-refractivity contribution >= 4 is 21.6 Å². The standard InChI is InChI=1S/C11H15ClN2O3S/c1-9(2)8-17-6-5-14-18(15,16)10-3-4-11(12)13-7-10/h3-4,7,14H,1,5-6,8H2,2H3. The molecule has 0 unspecified atom stereocenters. The maximum absolute atomic E-state index is 11.8. The highest BCUT2D eigenvalue weighted by molar-refractivity contribution is 7.89. The van der Waals surface area contributed by atoms with E-state index in [4.69, 9.17) is 16.3 Å². The zero-order valence-electron chi connectivity index (χ0n) is 10.0. The lowest BCUT2D eigenvalue weighted by Crippen LogP contribution is -2.27. The van der Waals surface area contributed by atoms with E-state index in [0.717, 1.165) is 5.57 Å². The predicted molar refractivity (Wildman–Crippen MR) is 70.1 cm³/mol. The van der Waals surface area contributed by atoms with Gasteiger partial charge in [0.1, 0.15) is 10.0 Å². The van der Waals surface area contributed by atoms with Gasteiger partial charge in [0.15, 0.2) is 0 Å². The van der Waals surface area contributed by atoms with Gasteiger partial charge in [-0.25, -0.2) is 18.1 Å². The Balaban J connectivity index is 2.45. The maximum Gasteiger partial charge on any atom is 0.242 e. The summed E-state index contributed by atoms with van der Waals surface area (Å²) in [5.74, 6) is 0. The molecule has 7 heteroatoms. The molecule has 0 aromatic carbocycles. The number of nitrogens with zero attached hydrogens (tertiary/aromatic N) is 1. The predicted octanol–water partition coefficient (Wildman–Crippen LogP) is 1.61. The van der Waals surface area contributed by atoms with Crippen LogP contribution in [0.5, 0.6) is 0 Å². The lowest BCUT2D eigenvalue weighted by molar-refractivity contribution is 0.162. The van der Waals surface area contributed by atoms with Crippen LogP contribution in [0.2, 0.25) is 5.15 Å². The summed E-state index contributed by atoms with van der Waals surface area (Å²) < 4.78 is 31.1. The molecule has 0 saturated carbocycles. The minimum absolute atomic E-state index is 0.0757. The molecule has 0 bridgehead atoms. The zero-order valence-corrected chi connectivity index (χ0v) is 11.6. The van der Waals surface area contributed by atoms with Crippen molar-refractivity contribution in [2.75, 3.05) is 19.8 Å². The maximum atomic E-state index is 11.8. The van der Waals surface area contributed by atoms with Gasteiger partial charge < -0.3 is 4.74 Å². The quantitative estimate of drug-likeness (QED) is 0.470. The molecule has 1 heterocycles. The van der Waals surface area contributed by atoms with Crippen LogP contribution in [-0.2, 0) is 14.8 Å². The van der Waals surface area contributed by atoms with Crippen molar-refractivity contribution < 1.29 is 13.2 Å². The van der Waals surface area contributed by atoms with Crippen molar-refractivity contribution in [2.24, 2.45) is 0 Å². The van der Waals surface area contributed by atoms with Crippen molar-refractivity contribution in [1.82, 2.24) is 9.71 Å². The molecule has 5 nitrogen and oxygen atoms in total. The Morgan fingerprint density at radius 2 is 2.28 bits per heavy atom. The molecule has 18 heavy (non-hydrogen) atoms. The lowest BCUT2D eigenvalue weighted by atomic mass is 10.4. The smallest absolute Gasteiger partial charge is 0.242 e. The van der Waals surface area contributed by atoms with Crippen LogP contribution in [0.25, 0.3) is 0 Å². The Morgan fingerprint density at radius 1 is 1.56 bits per heavy atom. The molecule has 0 atom stereocenters. The molecule has 0 aliphatic carbocycles. The van der Waals surface area contributed by atoms with Gasteiger partial charge in [-0.05, 0) is 19.1 Å². The van der Waals surface area contributed by atoms with Crippen molar-refractivity contribution in [3.8, 4) is 0 Å². The van der Waals surface area contributed by atoms with Crippen molar-refractivity contribution in [1.29, 1.82) is 0 Å². The number of hydrogen-bond donors (Lipinski definition) is 1. The third-order valence-corrected chi connectivity index (χ3v) is 3.57. The zero-order chi connectivity index (χ0) is 13.6. The van der Waals surface area contributed by atoms with Crippen molar-refractivity contribution in [3.63, 3.8) is 0 Å². The number of pyridine rings is 1. The fourth-order valence-corrected chi connectivity index (χ4v) is 2.17. The third kappa shape index (κ3) is 5.14. The van der Waals surface area contributed by atoms with Crippen LogP contribution in [0.15, 0.2) is 35.4 Å². The number of sulfonamides is 1. The van der Waals surface area contributed by atoms with Crippen LogP contribution in [0.4, 0.5) is 0 Å². The van der Waals surface area contributed by atoms with Crippen molar-refractivity contribution in [2.45, 2.75) is 11.8 Å². The Bertz CT molecular complexity index is 500. The van der Waals surface area contributed by atoms with E-state index in [-0.39, 0.29) is 23.2 Å². The van der Waals surface area contributed by atoms with E-state index >= 15 is 0 Å². The second-order valence-corrected chi connectivity index (χ2v) is 5.88. The van der Waals surface area contributed by atoms with Gasteiger partial charge in [-0.3, -0.25) is 0 Å². The van der Waals surface area contributed by atoms with Gasteiger partial charge in [0.25, 0.3) is 0 Å². The number of halogens is 1. The number of ether oxygens (including phenoxy) is 1. The molecular weight excluding hydrogens is 276 g/mol. The minimum atomic E-state index is -3.55. The summed E-state index contributed by atoms with van der Waals surface area (Å²) in [6, 6.07) is 2.82. The first-order valence-electron chi connectivity index (χ1n) is 5.25. The molecule has 0 aliphatic rings. The van der Waals surface area contributed by atoms with E-state index in [9.17, 15) is 8.42 Å². The van der Waals surface area contributed by atoms with Gasteiger partial charge >= 0.3 is 0 Å². The minimum Gasteiger partial charge on any atom is -0.376 e. The highest BCUT2D eigenvalue weighted by Crippen LogP contribution is 2.10. The summed E-state index contributed by atoms with van der Waals surface area (Å²) in [6.07, 6.45) is 1.21. The first-order chi connectivity index (χ1) is 8.42. The van der Waals surface area contributed by atoms with Gasteiger partial charge in [0.2, 0.25) is 10.0 Å². The largest absolute Gasteiger partial charge is 0.376 e. The summed E-state index contributed by atoms with van der Waals surface area (Å²) >= 11 is 5.58. The van der Waals surface area contributed by atoms with E-state index in [1.54, 1.807) is 0 Å². The molecule has 1 aromatic heterocycles. The van der Waals surface area contributed by atoms with E-state index in [1.807, 2.05) is 6.92 Å². The summed E-state index contributed by atoms with van der Waals surface area (Å²) in [5, 5.41) is 0.249. The van der Waals surface area contributed by atoms with Crippen molar-refractivity contribution in [3.05, 3.63) is 35.6 Å². The average Bonchev–Trinajstić information content (AvgIpc) is 2.28. The summed E-state index contributed by atoms with van der Waals surface area (Å²) in [7, 11) is -3.55. The number of rotatable bonds is 7. The lowest BCUT2D eigenvalue weighted by Gasteiger charge is -2.07. The van der Waals surface area contributed by atoms with E-state index in [0.29, 0.717) is 6.61 Å². The van der Waals surface area contributed by atoms with E-state index in [2.05, 4.69) is 16.3 Å². The van der Waals surface area contributed by atoms with Crippen LogP contribution < -0.4 is 4.72 Å². The van der Waals surface area contributed by atoms with Crippen LogP contribution >= 0.6 is 11.6 Å². The van der Waals surface area contributed by atoms with Gasteiger partial charge in [-0.15, -0.1) is 0 Å². The Morgan fingerprint density at radius 3 is 2.83 bits per heavy atom. The SMILES string of the molecule is C=C(C)COCCNS(=O)(=O)c1ccc(Cl)nc1. The highest BCUT2D eigenvalue weighted by atomic mass is 35.5. The topological polar surface area (TPSA) is 68.3 Å². The Labute approximate surface area is 112 Å². The van der Waals surface area contributed by atoms with Gasteiger partial charge in [0, 0.05) is 12.7 Å². The third-order valence-electron chi connectivity index (χ3n) is 1.90. The van der Waals surface area contributed by atoms with Gasteiger partial charge in [-0.1, -0.05) is 23.8 Å². The monoisotopic (exact) mass is 290 g/mol. The summed E-state index contributed by atoms with van der Waals surface area (Å²) in [6.45, 7) is 6.41. The molecular formula is C11H15ClN2O3S. The van der Waals surface area contributed by atoms with E-state index in [1.165, 1.54) is 18.3 Å². The average molecular weight is 291 g/mol. The number of aromatic nitrogens is 1. The summed E-state index contributed by atoms with van der Waals surface area (Å²) in [5.41, 5.74) is 0.889. The van der Waals surface area contributed by atoms with Crippen LogP contribution in [0.3, 0.4) is 0 Å².